The minimum absolute atomic E-state index is 0.00103. The molecule has 1 fully saturated rings. The summed E-state index contributed by atoms with van der Waals surface area (Å²) in [4.78, 5) is 19.1. The van der Waals surface area contributed by atoms with Gasteiger partial charge >= 0.3 is 0 Å². The van der Waals surface area contributed by atoms with E-state index in [4.69, 9.17) is 13.9 Å². The number of benzene rings is 2. The molecule has 1 amide bonds. The van der Waals surface area contributed by atoms with Crippen molar-refractivity contribution in [1.29, 1.82) is 0 Å². The first-order chi connectivity index (χ1) is 14.2. The second kappa shape index (κ2) is 8.39. The lowest BCUT2D eigenvalue weighted by Gasteiger charge is -2.29. The molecule has 29 heavy (non-hydrogen) atoms. The van der Waals surface area contributed by atoms with Crippen LogP contribution in [0.15, 0.2) is 53.0 Å². The first kappa shape index (κ1) is 19.1. The van der Waals surface area contributed by atoms with Gasteiger partial charge in [0.05, 0.1) is 14.2 Å². The van der Waals surface area contributed by atoms with Crippen LogP contribution in [0.2, 0.25) is 0 Å². The molecule has 0 spiro atoms. The molecule has 1 aliphatic heterocycles. The fourth-order valence-electron chi connectivity index (χ4n) is 3.63. The topological polar surface area (TPSA) is 64.8 Å². The van der Waals surface area contributed by atoms with Gasteiger partial charge in [-0.05, 0) is 43.2 Å². The first-order valence-electron chi connectivity index (χ1n) is 9.72. The van der Waals surface area contributed by atoms with Crippen LogP contribution in [0.1, 0.15) is 30.2 Å². The van der Waals surface area contributed by atoms with E-state index in [1.54, 1.807) is 32.4 Å². The zero-order chi connectivity index (χ0) is 20.2. The number of aromatic nitrogens is 1. The molecular weight excluding hydrogens is 368 g/mol. The van der Waals surface area contributed by atoms with Gasteiger partial charge in [-0.25, -0.2) is 4.98 Å². The van der Waals surface area contributed by atoms with Gasteiger partial charge in [0.15, 0.2) is 11.5 Å². The number of oxazole rings is 1. The highest BCUT2D eigenvalue weighted by molar-refractivity contribution is 5.92. The van der Waals surface area contributed by atoms with E-state index in [1.165, 1.54) is 0 Å². The lowest BCUT2D eigenvalue weighted by Crippen LogP contribution is -2.36. The Balaban J connectivity index is 1.38. The SMILES string of the molecule is COc1ccc(/C=C/C(=O)N2CCC(c3nc4ccccc4o3)CC2)c(OC)c1. The number of para-hydroxylation sites is 2. The van der Waals surface area contributed by atoms with E-state index >= 15 is 0 Å². The molecule has 0 aliphatic carbocycles. The van der Waals surface area contributed by atoms with Gasteiger partial charge in [0.2, 0.25) is 5.91 Å². The molecule has 3 aromatic rings. The molecule has 2 aromatic carbocycles. The van der Waals surface area contributed by atoms with Crippen LogP contribution in [0.4, 0.5) is 0 Å². The summed E-state index contributed by atoms with van der Waals surface area (Å²) in [6.45, 7) is 1.37. The van der Waals surface area contributed by atoms with Crippen LogP contribution >= 0.6 is 0 Å². The molecule has 0 radical (unpaired) electrons. The Morgan fingerprint density at radius 1 is 1.14 bits per heavy atom. The normalized spacial score (nSPS) is 15.2. The minimum atomic E-state index is -0.00103. The van der Waals surface area contributed by atoms with E-state index in [-0.39, 0.29) is 11.8 Å². The fourth-order valence-corrected chi connectivity index (χ4v) is 3.63. The number of nitrogens with zero attached hydrogens (tertiary/aromatic N) is 2. The number of methoxy groups -OCH3 is 2. The number of rotatable bonds is 5. The highest BCUT2D eigenvalue weighted by atomic mass is 16.5. The summed E-state index contributed by atoms with van der Waals surface area (Å²) in [5.41, 5.74) is 2.54. The molecule has 6 nitrogen and oxygen atoms in total. The van der Waals surface area contributed by atoms with Gasteiger partial charge in [-0.15, -0.1) is 0 Å². The third kappa shape index (κ3) is 4.11. The minimum Gasteiger partial charge on any atom is -0.497 e. The van der Waals surface area contributed by atoms with Crippen LogP contribution in [0, 0.1) is 0 Å². The van der Waals surface area contributed by atoms with E-state index in [0.717, 1.165) is 35.4 Å². The number of carbonyl (C=O) groups excluding carboxylic acids is 1. The number of carbonyl (C=O) groups is 1. The average Bonchev–Trinajstić information content (AvgIpc) is 3.21. The van der Waals surface area contributed by atoms with Gasteiger partial charge < -0.3 is 18.8 Å². The summed E-state index contributed by atoms with van der Waals surface area (Å²) in [6.07, 6.45) is 5.08. The number of hydrogen-bond acceptors (Lipinski definition) is 5. The van der Waals surface area contributed by atoms with Crippen LogP contribution in [-0.2, 0) is 4.79 Å². The molecule has 1 saturated heterocycles. The zero-order valence-electron chi connectivity index (χ0n) is 16.6. The van der Waals surface area contributed by atoms with Crippen LogP contribution in [0.25, 0.3) is 17.2 Å². The van der Waals surface area contributed by atoms with Gasteiger partial charge in [-0.1, -0.05) is 12.1 Å². The molecule has 0 bridgehead atoms. The Kier molecular flexibility index (Phi) is 5.51. The lowest BCUT2D eigenvalue weighted by molar-refractivity contribution is -0.127. The Morgan fingerprint density at radius 3 is 2.66 bits per heavy atom. The Morgan fingerprint density at radius 2 is 1.93 bits per heavy atom. The Bertz CT molecular complexity index is 999. The van der Waals surface area contributed by atoms with Gasteiger partial charge in [0, 0.05) is 36.7 Å². The first-order valence-corrected chi connectivity index (χ1v) is 9.72. The molecule has 2 heterocycles. The second-order valence-electron chi connectivity index (χ2n) is 7.06. The highest BCUT2D eigenvalue weighted by Crippen LogP contribution is 2.30. The predicted octanol–water partition coefficient (Wildman–Crippen LogP) is 4.26. The number of likely N-dealkylation sites (tertiary alicyclic amines) is 1. The highest BCUT2D eigenvalue weighted by Gasteiger charge is 2.26. The van der Waals surface area contributed by atoms with E-state index < -0.39 is 0 Å². The summed E-state index contributed by atoms with van der Waals surface area (Å²) in [5.74, 6) is 2.41. The van der Waals surface area contributed by atoms with Gasteiger partial charge in [-0.2, -0.15) is 0 Å². The maximum atomic E-state index is 12.6. The Labute approximate surface area is 169 Å². The number of ether oxygens (including phenoxy) is 2. The average molecular weight is 392 g/mol. The number of piperidine rings is 1. The van der Waals surface area contributed by atoms with Gasteiger partial charge in [0.25, 0.3) is 0 Å². The maximum absolute atomic E-state index is 12.6. The largest absolute Gasteiger partial charge is 0.497 e. The van der Waals surface area contributed by atoms with E-state index in [9.17, 15) is 4.79 Å². The van der Waals surface area contributed by atoms with E-state index in [0.29, 0.717) is 24.6 Å². The van der Waals surface area contributed by atoms with Crippen molar-refractivity contribution in [3.63, 3.8) is 0 Å². The molecule has 0 saturated carbocycles. The van der Waals surface area contributed by atoms with Crippen molar-refractivity contribution in [3.05, 3.63) is 60.0 Å². The lowest BCUT2D eigenvalue weighted by atomic mass is 9.96. The quantitative estimate of drug-likeness (QED) is 0.607. The number of fused-ring (bicyclic) bond motifs is 1. The molecule has 0 N–H and O–H groups in total. The zero-order valence-corrected chi connectivity index (χ0v) is 16.6. The smallest absolute Gasteiger partial charge is 0.246 e. The third-order valence-electron chi connectivity index (χ3n) is 5.31. The van der Waals surface area contributed by atoms with Crippen molar-refractivity contribution in [2.75, 3.05) is 27.3 Å². The molecule has 0 atom stereocenters. The summed E-state index contributed by atoms with van der Waals surface area (Å²) in [6, 6.07) is 13.3. The van der Waals surface area contributed by atoms with E-state index in [1.807, 2.05) is 41.3 Å². The van der Waals surface area contributed by atoms with Crippen molar-refractivity contribution < 1.29 is 18.7 Å². The van der Waals surface area contributed by atoms with Crippen LogP contribution in [0.5, 0.6) is 11.5 Å². The summed E-state index contributed by atoms with van der Waals surface area (Å²) in [5, 5.41) is 0. The summed E-state index contributed by atoms with van der Waals surface area (Å²) < 4.78 is 16.5. The summed E-state index contributed by atoms with van der Waals surface area (Å²) >= 11 is 0. The third-order valence-corrected chi connectivity index (χ3v) is 5.31. The number of hydrogen-bond donors (Lipinski definition) is 0. The molecule has 150 valence electrons. The van der Waals surface area contributed by atoms with Gasteiger partial charge in [-0.3, -0.25) is 4.79 Å². The summed E-state index contributed by atoms with van der Waals surface area (Å²) in [7, 11) is 3.21. The molecular formula is C23H24N2O4. The molecule has 6 heteroatoms. The van der Waals surface area contributed by atoms with Crippen molar-refractivity contribution >= 4 is 23.1 Å². The van der Waals surface area contributed by atoms with Crippen LogP contribution in [-0.4, -0.2) is 43.1 Å². The monoisotopic (exact) mass is 392 g/mol. The maximum Gasteiger partial charge on any atom is 0.246 e. The number of amides is 1. The van der Waals surface area contributed by atoms with Gasteiger partial charge in [0.1, 0.15) is 17.0 Å². The van der Waals surface area contributed by atoms with Crippen molar-refractivity contribution in [2.45, 2.75) is 18.8 Å². The molecule has 4 rings (SSSR count). The molecule has 0 unspecified atom stereocenters. The Hall–Kier alpha value is -3.28. The van der Waals surface area contributed by atoms with Crippen molar-refractivity contribution in [3.8, 4) is 11.5 Å². The second-order valence-corrected chi connectivity index (χ2v) is 7.06. The van der Waals surface area contributed by atoms with Crippen molar-refractivity contribution in [2.24, 2.45) is 0 Å². The van der Waals surface area contributed by atoms with Crippen LogP contribution < -0.4 is 9.47 Å². The fraction of sp³-hybridized carbons (Fsp3) is 0.304. The van der Waals surface area contributed by atoms with Crippen molar-refractivity contribution in [1.82, 2.24) is 9.88 Å². The molecule has 1 aromatic heterocycles. The van der Waals surface area contributed by atoms with E-state index in [2.05, 4.69) is 4.98 Å². The standard InChI is InChI=1S/C23H24N2O4/c1-27-18-9-7-16(21(15-18)28-2)8-10-22(26)25-13-11-17(12-14-25)23-24-19-5-3-4-6-20(19)29-23/h3-10,15,17H,11-14H2,1-2H3/b10-8+. The predicted molar refractivity (Wildman–Crippen MR) is 111 cm³/mol. The van der Waals surface area contributed by atoms with Crippen LogP contribution in [0.3, 0.4) is 0 Å². The molecule has 1 aliphatic rings.